The zero-order valence-electron chi connectivity index (χ0n) is 21.7. The van der Waals surface area contributed by atoms with Gasteiger partial charge >= 0.3 is 18.1 Å². The Morgan fingerprint density at radius 1 is 0.895 bits per heavy atom. The van der Waals surface area contributed by atoms with Gasteiger partial charge in [0.1, 0.15) is 35.0 Å². The van der Waals surface area contributed by atoms with Crippen LogP contribution in [0.5, 0.6) is 17.2 Å². The van der Waals surface area contributed by atoms with E-state index >= 15 is 0 Å². The summed E-state index contributed by atoms with van der Waals surface area (Å²) in [4.78, 5) is 24.0. The highest BCUT2D eigenvalue weighted by Crippen LogP contribution is 2.39. The molecule has 0 aliphatic rings. The van der Waals surface area contributed by atoms with Crippen LogP contribution in [-0.4, -0.2) is 22.6 Å². The van der Waals surface area contributed by atoms with Crippen molar-refractivity contribution in [2.24, 2.45) is 0 Å². The van der Waals surface area contributed by atoms with Gasteiger partial charge in [0.2, 0.25) is 0 Å². The number of aromatic hydroxyl groups is 1. The standard InChI is InChI=1S/C29H29F3O6/c1-6-18-15-20(10-14-24(18)37-17(2)33)19-7-11-22(12-8-19)36-16-21-9-13-23(29(30,31)32)26(34)25(21)27(35)38-28(3,4)5/h7-15,34H,6,16H2,1-5H3. The Kier molecular flexibility index (Phi) is 8.39. The van der Waals surface area contributed by atoms with Gasteiger partial charge in [0, 0.05) is 12.5 Å². The molecule has 6 nitrogen and oxygen atoms in total. The van der Waals surface area contributed by atoms with E-state index in [1.165, 1.54) is 6.92 Å². The fraction of sp³-hybridized carbons (Fsp3) is 0.310. The minimum atomic E-state index is -4.86. The molecule has 0 aliphatic heterocycles. The molecule has 0 spiro atoms. The first kappa shape index (κ1) is 28.6. The van der Waals surface area contributed by atoms with E-state index in [0.717, 1.165) is 22.8 Å². The molecule has 0 saturated heterocycles. The summed E-state index contributed by atoms with van der Waals surface area (Å²) in [5, 5.41) is 10.3. The highest BCUT2D eigenvalue weighted by molar-refractivity contribution is 5.95. The number of phenols is 1. The third-order valence-electron chi connectivity index (χ3n) is 5.45. The molecule has 0 aromatic heterocycles. The quantitative estimate of drug-likeness (QED) is 0.259. The van der Waals surface area contributed by atoms with Crippen LogP contribution in [0.15, 0.2) is 54.6 Å². The van der Waals surface area contributed by atoms with E-state index in [0.29, 0.717) is 24.0 Å². The van der Waals surface area contributed by atoms with Gasteiger partial charge in [-0.1, -0.05) is 31.2 Å². The van der Waals surface area contributed by atoms with Crippen LogP contribution in [0, 0.1) is 0 Å². The molecule has 3 aromatic carbocycles. The van der Waals surface area contributed by atoms with E-state index in [-0.39, 0.29) is 12.2 Å². The summed E-state index contributed by atoms with van der Waals surface area (Å²) in [6, 6.07) is 14.2. The van der Waals surface area contributed by atoms with Crippen LogP contribution in [0.1, 0.15) is 61.7 Å². The molecule has 202 valence electrons. The number of benzene rings is 3. The van der Waals surface area contributed by atoms with E-state index in [4.69, 9.17) is 14.2 Å². The van der Waals surface area contributed by atoms with Crippen molar-refractivity contribution in [2.45, 2.75) is 59.4 Å². The molecule has 38 heavy (non-hydrogen) atoms. The third-order valence-corrected chi connectivity index (χ3v) is 5.45. The lowest BCUT2D eigenvalue weighted by Gasteiger charge is -2.22. The maximum atomic E-state index is 13.4. The maximum absolute atomic E-state index is 13.4. The Bertz CT molecular complexity index is 1320. The van der Waals surface area contributed by atoms with Crippen molar-refractivity contribution in [3.8, 4) is 28.4 Å². The summed E-state index contributed by atoms with van der Waals surface area (Å²) >= 11 is 0. The molecule has 0 amide bonds. The number of halogens is 3. The van der Waals surface area contributed by atoms with Crippen LogP contribution in [0.3, 0.4) is 0 Å². The smallest absolute Gasteiger partial charge is 0.419 e. The average molecular weight is 531 g/mol. The predicted molar refractivity (Wildman–Crippen MR) is 135 cm³/mol. The number of phenolic OH excluding ortho intramolecular Hbond substituents is 1. The molecule has 0 saturated carbocycles. The Morgan fingerprint density at radius 3 is 2.08 bits per heavy atom. The van der Waals surface area contributed by atoms with Gasteiger partial charge < -0.3 is 19.3 Å². The summed E-state index contributed by atoms with van der Waals surface area (Å²) in [6.07, 6.45) is -4.19. The zero-order chi connectivity index (χ0) is 28.3. The number of hydrogen-bond donors (Lipinski definition) is 1. The minimum Gasteiger partial charge on any atom is -0.506 e. The van der Waals surface area contributed by atoms with Crippen LogP contribution in [-0.2, 0) is 28.7 Å². The van der Waals surface area contributed by atoms with Crippen LogP contribution in [0.2, 0.25) is 0 Å². The number of hydrogen-bond acceptors (Lipinski definition) is 6. The number of carbonyl (C=O) groups is 2. The van der Waals surface area contributed by atoms with Gasteiger partial charge in [-0.15, -0.1) is 0 Å². The Balaban J connectivity index is 1.84. The summed E-state index contributed by atoms with van der Waals surface area (Å²) in [5.41, 5.74) is -0.242. The normalized spacial score (nSPS) is 11.7. The van der Waals surface area contributed by atoms with Crippen LogP contribution in [0.25, 0.3) is 11.1 Å². The number of alkyl halides is 3. The lowest BCUT2D eigenvalue weighted by atomic mass is 10.0. The molecule has 0 fully saturated rings. The molecular formula is C29H29F3O6. The van der Waals surface area contributed by atoms with Gasteiger partial charge in [-0.05, 0) is 74.2 Å². The van der Waals surface area contributed by atoms with Crippen molar-refractivity contribution < 1.29 is 42.1 Å². The number of esters is 2. The molecule has 0 aliphatic carbocycles. The monoisotopic (exact) mass is 530 g/mol. The highest BCUT2D eigenvalue weighted by Gasteiger charge is 2.37. The summed E-state index contributed by atoms with van der Waals surface area (Å²) < 4.78 is 56.2. The van der Waals surface area contributed by atoms with Crippen molar-refractivity contribution in [3.63, 3.8) is 0 Å². The zero-order valence-corrected chi connectivity index (χ0v) is 21.7. The van der Waals surface area contributed by atoms with Gasteiger partial charge in [0.05, 0.1) is 5.56 Å². The van der Waals surface area contributed by atoms with E-state index < -0.39 is 40.6 Å². The number of aryl methyl sites for hydroxylation is 1. The number of carbonyl (C=O) groups excluding carboxylic acids is 2. The van der Waals surface area contributed by atoms with Gasteiger partial charge in [-0.25, -0.2) is 4.79 Å². The summed E-state index contributed by atoms with van der Waals surface area (Å²) in [6.45, 7) is 7.72. The largest absolute Gasteiger partial charge is 0.506 e. The summed E-state index contributed by atoms with van der Waals surface area (Å²) in [5.74, 6) is -1.78. The molecule has 0 atom stereocenters. The number of ether oxygens (including phenoxy) is 3. The lowest BCUT2D eigenvalue weighted by Crippen LogP contribution is -2.25. The topological polar surface area (TPSA) is 82.1 Å². The second kappa shape index (κ2) is 11.2. The van der Waals surface area contributed by atoms with Crippen LogP contribution < -0.4 is 9.47 Å². The van der Waals surface area contributed by atoms with Gasteiger partial charge in [-0.3, -0.25) is 4.79 Å². The van der Waals surface area contributed by atoms with Crippen LogP contribution in [0.4, 0.5) is 13.2 Å². The van der Waals surface area contributed by atoms with Crippen molar-refractivity contribution in [1.29, 1.82) is 0 Å². The predicted octanol–water partition coefficient (Wildman–Crippen LogP) is 7.10. The molecule has 0 unspecified atom stereocenters. The van der Waals surface area contributed by atoms with Gasteiger partial charge in [0.25, 0.3) is 0 Å². The molecular weight excluding hydrogens is 501 g/mol. The lowest BCUT2D eigenvalue weighted by molar-refractivity contribution is -0.138. The van der Waals surface area contributed by atoms with E-state index in [1.807, 2.05) is 19.1 Å². The molecule has 0 radical (unpaired) electrons. The van der Waals surface area contributed by atoms with Crippen molar-refractivity contribution in [1.82, 2.24) is 0 Å². The fourth-order valence-corrected chi connectivity index (χ4v) is 3.73. The molecule has 0 bridgehead atoms. The van der Waals surface area contributed by atoms with E-state index in [9.17, 15) is 27.9 Å². The average Bonchev–Trinajstić information content (AvgIpc) is 2.81. The minimum absolute atomic E-state index is 0.0440. The number of rotatable bonds is 7. The highest BCUT2D eigenvalue weighted by atomic mass is 19.4. The Labute approximate surface area is 219 Å². The molecule has 3 rings (SSSR count). The summed E-state index contributed by atoms with van der Waals surface area (Å²) in [7, 11) is 0. The SMILES string of the molecule is CCc1cc(-c2ccc(OCc3ccc(C(F)(F)F)c(O)c3C(=O)OC(C)(C)C)cc2)ccc1OC(C)=O. The first-order valence-corrected chi connectivity index (χ1v) is 11.9. The van der Waals surface area contributed by atoms with Crippen molar-refractivity contribution in [2.75, 3.05) is 0 Å². The molecule has 9 heteroatoms. The third kappa shape index (κ3) is 7.06. The van der Waals surface area contributed by atoms with Gasteiger partial charge in [0.15, 0.2) is 0 Å². The van der Waals surface area contributed by atoms with Crippen molar-refractivity contribution in [3.05, 3.63) is 76.9 Å². The Morgan fingerprint density at radius 2 is 1.53 bits per heavy atom. The fourth-order valence-electron chi connectivity index (χ4n) is 3.73. The maximum Gasteiger partial charge on any atom is 0.419 e. The van der Waals surface area contributed by atoms with E-state index in [1.54, 1.807) is 51.1 Å². The van der Waals surface area contributed by atoms with E-state index in [2.05, 4.69) is 0 Å². The molecule has 0 heterocycles. The molecule has 1 N–H and O–H groups in total. The second-order valence-electron chi connectivity index (χ2n) is 9.58. The van der Waals surface area contributed by atoms with Crippen molar-refractivity contribution >= 4 is 11.9 Å². The molecule has 3 aromatic rings. The second-order valence-corrected chi connectivity index (χ2v) is 9.58. The first-order chi connectivity index (χ1) is 17.7. The first-order valence-electron chi connectivity index (χ1n) is 11.9. The van der Waals surface area contributed by atoms with Crippen LogP contribution >= 0.6 is 0 Å². The Hall–Kier alpha value is -4.01. The van der Waals surface area contributed by atoms with Gasteiger partial charge in [-0.2, -0.15) is 13.2 Å².